The molecular weight excluding hydrogens is 221 g/mol. The Morgan fingerprint density at radius 1 is 1.29 bits per heavy atom. The minimum atomic E-state index is -0.652. The molecule has 0 amide bonds. The van der Waals surface area contributed by atoms with Gasteiger partial charge < -0.3 is 14.8 Å². The van der Waals surface area contributed by atoms with Crippen molar-refractivity contribution < 1.29 is 13.9 Å². The molecule has 2 fully saturated rings. The largest absolute Gasteiger partial charge is 0.343 e. The van der Waals surface area contributed by atoms with Crippen molar-refractivity contribution >= 4 is 0 Å². The van der Waals surface area contributed by atoms with Crippen LogP contribution < -0.4 is 5.32 Å². The van der Waals surface area contributed by atoms with Gasteiger partial charge in [0, 0.05) is 18.5 Å². The van der Waals surface area contributed by atoms with Crippen molar-refractivity contribution in [3.63, 3.8) is 0 Å². The fourth-order valence-electron chi connectivity index (χ4n) is 2.51. The second-order valence-corrected chi connectivity index (χ2v) is 4.62. The van der Waals surface area contributed by atoms with Crippen molar-refractivity contribution in [2.45, 2.75) is 24.7 Å². The third-order valence-corrected chi connectivity index (χ3v) is 3.37. The molecule has 92 valence electrons. The maximum absolute atomic E-state index is 12.9. The molecule has 2 bridgehead atoms. The van der Waals surface area contributed by atoms with E-state index in [4.69, 9.17) is 9.47 Å². The number of benzene rings is 1. The van der Waals surface area contributed by atoms with Crippen LogP contribution in [-0.2, 0) is 15.3 Å². The first-order chi connectivity index (χ1) is 8.28. The molecule has 2 aliphatic heterocycles. The van der Waals surface area contributed by atoms with Crippen LogP contribution in [0.2, 0.25) is 0 Å². The molecule has 4 heteroatoms. The van der Waals surface area contributed by atoms with Crippen molar-refractivity contribution in [2.24, 2.45) is 0 Å². The summed E-state index contributed by atoms with van der Waals surface area (Å²) < 4.78 is 24.8. The zero-order chi connectivity index (χ0) is 11.7. The predicted octanol–water partition coefficient (Wildman–Crippen LogP) is 1.78. The molecule has 2 aliphatic rings. The summed E-state index contributed by atoms with van der Waals surface area (Å²) in [6.07, 6.45) is 1.90. The van der Waals surface area contributed by atoms with E-state index in [1.165, 1.54) is 12.1 Å². The average molecular weight is 237 g/mol. The molecule has 1 aromatic rings. The van der Waals surface area contributed by atoms with E-state index >= 15 is 0 Å². The van der Waals surface area contributed by atoms with E-state index in [2.05, 4.69) is 5.32 Å². The van der Waals surface area contributed by atoms with Crippen LogP contribution in [0.4, 0.5) is 4.39 Å². The highest BCUT2D eigenvalue weighted by molar-refractivity contribution is 5.22. The van der Waals surface area contributed by atoms with Gasteiger partial charge in [0.2, 0.25) is 0 Å². The highest BCUT2D eigenvalue weighted by Gasteiger charge is 2.43. The number of hydrogen-bond acceptors (Lipinski definition) is 3. The summed E-state index contributed by atoms with van der Waals surface area (Å²) in [6.45, 7) is 2.40. The highest BCUT2D eigenvalue weighted by atomic mass is 19.1. The standard InChI is InChI=1S/C13H16FNO2/c14-11-4-2-10(3-5-11)13-6-1-7-15-8-12(17-13)9-16-13/h2-5,12,15H,1,6-9H2/t12-,13+/m1/s1. The van der Waals surface area contributed by atoms with Gasteiger partial charge in [-0.15, -0.1) is 0 Å². The maximum atomic E-state index is 12.9. The quantitative estimate of drug-likeness (QED) is 0.807. The third-order valence-electron chi connectivity index (χ3n) is 3.37. The van der Waals surface area contributed by atoms with Crippen molar-refractivity contribution in [2.75, 3.05) is 19.7 Å². The number of nitrogens with one attached hydrogen (secondary N) is 1. The van der Waals surface area contributed by atoms with Gasteiger partial charge >= 0.3 is 0 Å². The fourth-order valence-corrected chi connectivity index (χ4v) is 2.51. The Morgan fingerprint density at radius 2 is 2.12 bits per heavy atom. The zero-order valence-corrected chi connectivity index (χ0v) is 9.62. The molecule has 1 N–H and O–H groups in total. The van der Waals surface area contributed by atoms with E-state index in [0.717, 1.165) is 31.5 Å². The predicted molar refractivity (Wildman–Crippen MR) is 61.0 cm³/mol. The first-order valence-corrected chi connectivity index (χ1v) is 6.07. The fraction of sp³-hybridized carbons (Fsp3) is 0.538. The summed E-state index contributed by atoms with van der Waals surface area (Å²) in [5.74, 6) is -0.882. The minimum Gasteiger partial charge on any atom is -0.343 e. The molecular formula is C13H16FNO2. The van der Waals surface area contributed by atoms with Gasteiger partial charge in [-0.2, -0.15) is 0 Å². The Labute approximate surface area is 99.9 Å². The molecule has 17 heavy (non-hydrogen) atoms. The van der Waals surface area contributed by atoms with Crippen LogP contribution >= 0.6 is 0 Å². The van der Waals surface area contributed by atoms with Gasteiger partial charge in [0.05, 0.1) is 12.7 Å². The average Bonchev–Trinajstić information content (AvgIpc) is 2.74. The van der Waals surface area contributed by atoms with Crippen molar-refractivity contribution in [3.05, 3.63) is 35.6 Å². The van der Waals surface area contributed by atoms with Crippen LogP contribution in [0.15, 0.2) is 24.3 Å². The van der Waals surface area contributed by atoms with E-state index in [-0.39, 0.29) is 11.9 Å². The molecule has 2 saturated heterocycles. The molecule has 0 aliphatic carbocycles. The van der Waals surface area contributed by atoms with Crippen LogP contribution in [0.3, 0.4) is 0 Å². The van der Waals surface area contributed by atoms with E-state index in [1.807, 2.05) is 0 Å². The van der Waals surface area contributed by atoms with Crippen LogP contribution in [0.1, 0.15) is 18.4 Å². The summed E-state index contributed by atoms with van der Waals surface area (Å²) >= 11 is 0. The SMILES string of the molecule is Fc1ccc([C@@]23CCCNC[C@H](CO2)O3)cc1. The summed E-state index contributed by atoms with van der Waals surface area (Å²) in [4.78, 5) is 0. The number of halogens is 1. The number of fused-ring (bicyclic) bond motifs is 2. The summed E-state index contributed by atoms with van der Waals surface area (Å²) in [5.41, 5.74) is 0.920. The van der Waals surface area contributed by atoms with Gasteiger partial charge in [0.15, 0.2) is 5.79 Å². The summed E-state index contributed by atoms with van der Waals surface area (Å²) in [5, 5.41) is 3.33. The molecule has 3 nitrogen and oxygen atoms in total. The van der Waals surface area contributed by atoms with E-state index in [1.54, 1.807) is 12.1 Å². The number of rotatable bonds is 1. The molecule has 0 aromatic heterocycles. The topological polar surface area (TPSA) is 30.5 Å². The summed E-state index contributed by atoms with van der Waals surface area (Å²) in [6, 6.07) is 6.43. The normalized spacial score (nSPS) is 33.1. The van der Waals surface area contributed by atoms with Crippen LogP contribution in [-0.4, -0.2) is 25.8 Å². The molecule has 0 unspecified atom stereocenters. The third kappa shape index (κ3) is 2.08. The Kier molecular flexibility index (Phi) is 2.86. The smallest absolute Gasteiger partial charge is 0.195 e. The number of ether oxygens (including phenoxy) is 2. The Bertz CT molecular complexity index is 395. The first-order valence-electron chi connectivity index (χ1n) is 6.07. The maximum Gasteiger partial charge on any atom is 0.195 e. The van der Waals surface area contributed by atoms with E-state index < -0.39 is 5.79 Å². The molecule has 2 heterocycles. The molecule has 2 atom stereocenters. The second-order valence-electron chi connectivity index (χ2n) is 4.62. The van der Waals surface area contributed by atoms with E-state index in [9.17, 15) is 4.39 Å². The van der Waals surface area contributed by atoms with Gasteiger partial charge in [-0.1, -0.05) is 12.1 Å². The van der Waals surface area contributed by atoms with Crippen molar-refractivity contribution in [3.8, 4) is 0 Å². The highest BCUT2D eigenvalue weighted by Crippen LogP contribution is 2.38. The van der Waals surface area contributed by atoms with Crippen molar-refractivity contribution in [1.29, 1.82) is 0 Å². The van der Waals surface area contributed by atoms with Crippen LogP contribution in [0.25, 0.3) is 0 Å². The zero-order valence-electron chi connectivity index (χ0n) is 9.62. The Morgan fingerprint density at radius 3 is 2.94 bits per heavy atom. The van der Waals surface area contributed by atoms with Gasteiger partial charge in [0.25, 0.3) is 0 Å². The van der Waals surface area contributed by atoms with Gasteiger partial charge in [-0.05, 0) is 25.1 Å². The summed E-state index contributed by atoms with van der Waals surface area (Å²) in [7, 11) is 0. The van der Waals surface area contributed by atoms with Gasteiger partial charge in [0.1, 0.15) is 5.82 Å². The van der Waals surface area contributed by atoms with Gasteiger partial charge in [-0.25, -0.2) is 4.39 Å². The molecule has 1 aromatic carbocycles. The lowest BCUT2D eigenvalue weighted by molar-refractivity contribution is -0.184. The van der Waals surface area contributed by atoms with Crippen molar-refractivity contribution in [1.82, 2.24) is 5.32 Å². The van der Waals surface area contributed by atoms with Gasteiger partial charge in [-0.3, -0.25) is 0 Å². The van der Waals surface area contributed by atoms with E-state index in [0.29, 0.717) is 6.61 Å². The molecule has 0 radical (unpaired) electrons. The number of hydrogen-bond donors (Lipinski definition) is 1. The molecule has 0 spiro atoms. The molecule has 3 rings (SSSR count). The minimum absolute atomic E-state index is 0.0975. The lowest BCUT2D eigenvalue weighted by atomic mass is 10.00. The lowest BCUT2D eigenvalue weighted by Gasteiger charge is -2.30. The molecule has 0 saturated carbocycles. The van der Waals surface area contributed by atoms with Crippen LogP contribution in [0, 0.1) is 5.82 Å². The van der Waals surface area contributed by atoms with Crippen LogP contribution in [0.5, 0.6) is 0 Å². The second kappa shape index (κ2) is 4.37. The first kappa shape index (κ1) is 11.1. The monoisotopic (exact) mass is 237 g/mol. The Balaban J connectivity index is 1.90. The Hall–Kier alpha value is -0.970. The lowest BCUT2D eigenvalue weighted by Crippen LogP contribution is -2.36.